The van der Waals surface area contributed by atoms with Gasteiger partial charge >= 0.3 is 5.97 Å². The lowest BCUT2D eigenvalue weighted by Crippen LogP contribution is -2.26. The van der Waals surface area contributed by atoms with Gasteiger partial charge in [0.05, 0.1) is 6.61 Å². The van der Waals surface area contributed by atoms with Crippen molar-refractivity contribution in [2.75, 3.05) is 6.61 Å². The number of hydrogen-bond acceptors (Lipinski definition) is 4. The van der Waals surface area contributed by atoms with Gasteiger partial charge in [0.2, 0.25) is 0 Å². The van der Waals surface area contributed by atoms with E-state index in [2.05, 4.69) is 19.6 Å². The number of carbonyl (C=O) groups is 2. The third kappa shape index (κ3) is 5.27. The summed E-state index contributed by atoms with van der Waals surface area (Å²) < 4.78 is 4.69. The Morgan fingerprint density at radius 1 is 1.29 bits per heavy atom. The summed E-state index contributed by atoms with van der Waals surface area (Å²) in [5.41, 5.74) is 0. The summed E-state index contributed by atoms with van der Waals surface area (Å²) in [7, 11) is 0. The van der Waals surface area contributed by atoms with Crippen molar-refractivity contribution in [2.45, 2.75) is 44.8 Å². The van der Waals surface area contributed by atoms with Crippen molar-refractivity contribution in [2.24, 2.45) is 0 Å². The fourth-order valence-corrected chi connectivity index (χ4v) is 1.24. The lowest BCUT2D eigenvalue weighted by Gasteiger charge is -2.08. The Balaban J connectivity index is 3.80. The van der Waals surface area contributed by atoms with Crippen molar-refractivity contribution in [3.8, 4) is 0 Å². The maximum Gasteiger partial charge on any atom is 0.326 e. The summed E-state index contributed by atoms with van der Waals surface area (Å²) in [6.45, 7) is 4.06. The minimum Gasteiger partial charge on any atom is -0.465 e. The van der Waals surface area contributed by atoms with Gasteiger partial charge in [-0.3, -0.25) is 9.59 Å². The Kier molecular flexibility index (Phi) is 7.57. The third-order valence-corrected chi connectivity index (χ3v) is 2.34. The fraction of sp³-hybridized carbons (Fsp3) is 0.800. The zero-order valence-electron chi connectivity index (χ0n) is 8.78. The van der Waals surface area contributed by atoms with E-state index in [1.807, 2.05) is 0 Å². The number of Topliss-reactive ketones (excluding diaryl/α,β-unsaturated/α-hetero) is 1. The number of carbonyl (C=O) groups excluding carboxylic acids is 2. The standard InChI is InChI=1S/C10H18O3S/c1-3-5-6-7-8(11)9(14)10(12)13-4-2/h9,14H,3-7H2,1-2H3. The Hall–Kier alpha value is -0.510. The zero-order chi connectivity index (χ0) is 11.0. The molecule has 1 atom stereocenters. The molecule has 0 radical (unpaired) electrons. The van der Waals surface area contributed by atoms with Crippen LogP contribution in [0.25, 0.3) is 0 Å². The summed E-state index contributed by atoms with van der Waals surface area (Å²) in [6.07, 6.45) is 3.31. The highest BCUT2D eigenvalue weighted by atomic mass is 32.1. The van der Waals surface area contributed by atoms with Gasteiger partial charge in [-0.15, -0.1) is 0 Å². The van der Waals surface area contributed by atoms with Crippen LogP contribution in [0, 0.1) is 0 Å². The van der Waals surface area contributed by atoms with Gasteiger partial charge in [0.15, 0.2) is 11.0 Å². The molecule has 0 fully saturated rings. The molecule has 3 nitrogen and oxygen atoms in total. The number of thiol groups is 1. The van der Waals surface area contributed by atoms with Crippen LogP contribution in [0.1, 0.15) is 39.5 Å². The maximum absolute atomic E-state index is 11.4. The summed E-state index contributed by atoms with van der Waals surface area (Å²) in [5.74, 6) is -0.669. The van der Waals surface area contributed by atoms with Crippen LogP contribution in [-0.2, 0) is 14.3 Å². The average Bonchev–Trinajstić information content (AvgIpc) is 2.17. The van der Waals surface area contributed by atoms with E-state index in [9.17, 15) is 9.59 Å². The molecule has 0 aromatic heterocycles. The number of unbranched alkanes of at least 4 members (excludes halogenated alkanes) is 2. The molecule has 0 heterocycles. The monoisotopic (exact) mass is 218 g/mol. The smallest absolute Gasteiger partial charge is 0.326 e. The van der Waals surface area contributed by atoms with E-state index in [1.165, 1.54) is 0 Å². The largest absolute Gasteiger partial charge is 0.465 e. The molecule has 0 aliphatic rings. The van der Waals surface area contributed by atoms with Gasteiger partial charge in [0, 0.05) is 6.42 Å². The van der Waals surface area contributed by atoms with Crippen molar-refractivity contribution in [1.29, 1.82) is 0 Å². The highest BCUT2D eigenvalue weighted by molar-refractivity contribution is 7.82. The molecular formula is C10H18O3S. The zero-order valence-corrected chi connectivity index (χ0v) is 9.68. The number of ether oxygens (including phenoxy) is 1. The van der Waals surface area contributed by atoms with Gasteiger partial charge in [-0.05, 0) is 13.3 Å². The SMILES string of the molecule is CCCCCC(=O)C(S)C(=O)OCC. The molecule has 0 saturated heterocycles. The summed E-state index contributed by atoms with van der Waals surface area (Å²) in [4.78, 5) is 22.5. The van der Waals surface area contributed by atoms with Crippen LogP contribution in [0.5, 0.6) is 0 Å². The number of ketones is 1. The molecule has 14 heavy (non-hydrogen) atoms. The third-order valence-electron chi connectivity index (χ3n) is 1.84. The lowest BCUT2D eigenvalue weighted by atomic mass is 10.1. The minimum absolute atomic E-state index is 0.139. The Labute approximate surface area is 90.6 Å². The van der Waals surface area contributed by atoms with E-state index < -0.39 is 11.2 Å². The van der Waals surface area contributed by atoms with Crippen LogP contribution in [0.2, 0.25) is 0 Å². The highest BCUT2D eigenvalue weighted by Crippen LogP contribution is 2.07. The van der Waals surface area contributed by atoms with Crippen LogP contribution >= 0.6 is 12.6 Å². The Bertz CT molecular complexity index is 192. The van der Waals surface area contributed by atoms with Gasteiger partial charge in [0.1, 0.15) is 0 Å². The van der Waals surface area contributed by atoms with Crippen molar-refractivity contribution in [3.63, 3.8) is 0 Å². The predicted molar refractivity (Wildman–Crippen MR) is 58.6 cm³/mol. The molecule has 0 N–H and O–H groups in total. The van der Waals surface area contributed by atoms with Crippen LogP contribution < -0.4 is 0 Å². The molecule has 0 rings (SSSR count). The molecule has 82 valence electrons. The molecule has 4 heteroatoms. The van der Waals surface area contributed by atoms with E-state index >= 15 is 0 Å². The first-order valence-corrected chi connectivity index (χ1v) is 5.52. The highest BCUT2D eigenvalue weighted by Gasteiger charge is 2.22. The normalized spacial score (nSPS) is 12.2. The van der Waals surface area contributed by atoms with Crippen LogP contribution in [0.15, 0.2) is 0 Å². The molecule has 0 aromatic rings. The summed E-state index contributed by atoms with van der Waals surface area (Å²) in [5, 5.41) is -0.896. The first-order valence-electron chi connectivity index (χ1n) is 5.00. The van der Waals surface area contributed by atoms with Gasteiger partial charge in [0.25, 0.3) is 0 Å². The maximum atomic E-state index is 11.4. The molecule has 0 bridgehead atoms. The first kappa shape index (κ1) is 13.5. The van der Waals surface area contributed by atoms with Crippen molar-refractivity contribution < 1.29 is 14.3 Å². The minimum atomic E-state index is -0.896. The molecule has 0 aliphatic carbocycles. The van der Waals surface area contributed by atoms with Gasteiger partial charge in [-0.25, -0.2) is 0 Å². The molecule has 1 unspecified atom stereocenters. The van der Waals surface area contributed by atoms with Crippen LogP contribution in [0.4, 0.5) is 0 Å². The van der Waals surface area contributed by atoms with E-state index in [0.717, 1.165) is 19.3 Å². The molecule has 0 spiro atoms. The molecule has 0 aromatic carbocycles. The van der Waals surface area contributed by atoms with E-state index in [0.29, 0.717) is 6.42 Å². The number of rotatable bonds is 7. The van der Waals surface area contributed by atoms with Crippen molar-refractivity contribution in [3.05, 3.63) is 0 Å². The average molecular weight is 218 g/mol. The predicted octanol–water partition coefficient (Wildman–Crippen LogP) is 2.00. The summed E-state index contributed by atoms with van der Waals surface area (Å²) >= 11 is 3.93. The Morgan fingerprint density at radius 3 is 2.43 bits per heavy atom. The molecule has 0 aliphatic heterocycles. The second-order valence-electron chi connectivity index (χ2n) is 3.08. The van der Waals surface area contributed by atoms with Crippen molar-refractivity contribution in [1.82, 2.24) is 0 Å². The molecule has 0 amide bonds. The second kappa shape index (κ2) is 7.85. The van der Waals surface area contributed by atoms with Crippen LogP contribution in [-0.4, -0.2) is 23.6 Å². The van der Waals surface area contributed by atoms with Gasteiger partial charge in [-0.1, -0.05) is 19.8 Å². The van der Waals surface area contributed by atoms with E-state index in [-0.39, 0.29) is 12.4 Å². The van der Waals surface area contributed by atoms with E-state index in [4.69, 9.17) is 4.74 Å². The van der Waals surface area contributed by atoms with Crippen molar-refractivity contribution >= 4 is 24.4 Å². The molecule has 0 saturated carbocycles. The van der Waals surface area contributed by atoms with Crippen LogP contribution in [0.3, 0.4) is 0 Å². The van der Waals surface area contributed by atoms with E-state index in [1.54, 1.807) is 6.92 Å². The Morgan fingerprint density at radius 2 is 1.93 bits per heavy atom. The number of esters is 1. The quantitative estimate of drug-likeness (QED) is 0.307. The second-order valence-corrected chi connectivity index (χ2v) is 3.59. The lowest BCUT2D eigenvalue weighted by molar-refractivity contribution is -0.144. The fourth-order valence-electron chi connectivity index (χ4n) is 1.04. The summed E-state index contributed by atoms with van der Waals surface area (Å²) in [6, 6.07) is 0. The molecular weight excluding hydrogens is 200 g/mol. The van der Waals surface area contributed by atoms with Gasteiger partial charge < -0.3 is 4.74 Å². The topological polar surface area (TPSA) is 43.4 Å². The number of hydrogen-bond donors (Lipinski definition) is 1. The van der Waals surface area contributed by atoms with Gasteiger partial charge in [-0.2, -0.15) is 12.6 Å². The first-order chi connectivity index (χ1) is 6.63.